The molecule has 2 aromatic rings. The van der Waals surface area contributed by atoms with E-state index in [9.17, 15) is 9.59 Å². The van der Waals surface area contributed by atoms with Gasteiger partial charge in [-0.3, -0.25) is 9.59 Å². The van der Waals surface area contributed by atoms with Crippen molar-refractivity contribution in [2.24, 2.45) is 0 Å². The van der Waals surface area contributed by atoms with Crippen LogP contribution in [0.15, 0.2) is 30.3 Å². The smallest absolute Gasteiger partial charge is 0.243 e. The number of amides is 2. The van der Waals surface area contributed by atoms with Gasteiger partial charge in [-0.2, -0.15) is 0 Å². The zero-order chi connectivity index (χ0) is 20.8. The molecule has 0 aliphatic heterocycles. The maximum Gasteiger partial charge on any atom is 0.243 e. The Morgan fingerprint density at radius 2 is 1.64 bits per heavy atom. The summed E-state index contributed by atoms with van der Waals surface area (Å²) in [5.74, 6) is 0.838. The van der Waals surface area contributed by atoms with Crippen molar-refractivity contribution in [2.45, 2.75) is 27.2 Å². The monoisotopic (exact) mass is 384 g/mol. The summed E-state index contributed by atoms with van der Waals surface area (Å²) in [6, 6.07) is 9.35. The highest BCUT2D eigenvalue weighted by molar-refractivity contribution is 5.96. The fourth-order valence-corrected chi connectivity index (χ4v) is 3.16. The molecule has 28 heavy (non-hydrogen) atoms. The summed E-state index contributed by atoms with van der Waals surface area (Å²) in [6.45, 7) is 5.91. The molecule has 0 saturated heterocycles. The predicted octanol–water partition coefficient (Wildman–Crippen LogP) is 3.27. The van der Waals surface area contributed by atoms with Gasteiger partial charge in [-0.1, -0.05) is 23.8 Å². The Hall–Kier alpha value is -3.02. The van der Waals surface area contributed by atoms with Crippen molar-refractivity contribution in [3.05, 3.63) is 52.6 Å². The molecule has 0 radical (unpaired) electrons. The number of hydrogen-bond acceptors (Lipinski definition) is 4. The van der Waals surface area contributed by atoms with Crippen molar-refractivity contribution >= 4 is 17.5 Å². The molecular formula is C22H28N2O4. The number of carbonyl (C=O) groups excluding carboxylic acids is 2. The van der Waals surface area contributed by atoms with Gasteiger partial charge in [0.1, 0.15) is 11.5 Å². The summed E-state index contributed by atoms with van der Waals surface area (Å²) in [5.41, 5.74) is 4.69. The first kappa shape index (κ1) is 21.3. The van der Waals surface area contributed by atoms with E-state index in [1.54, 1.807) is 39.5 Å². The van der Waals surface area contributed by atoms with Crippen LogP contribution in [0, 0.1) is 20.8 Å². The Labute approximate surface area is 166 Å². The minimum Gasteiger partial charge on any atom is -0.497 e. The van der Waals surface area contributed by atoms with E-state index >= 15 is 0 Å². The van der Waals surface area contributed by atoms with Crippen LogP contribution >= 0.6 is 0 Å². The lowest BCUT2D eigenvalue weighted by atomic mass is 10.1. The van der Waals surface area contributed by atoms with Gasteiger partial charge in [0.25, 0.3) is 0 Å². The Balaban J connectivity index is 2.02. The highest BCUT2D eigenvalue weighted by Crippen LogP contribution is 2.25. The van der Waals surface area contributed by atoms with Crippen LogP contribution in [0.1, 0.15) is 22.3 Å². The van der Waals surface area contributed by atoms with Crippen LogP contribution < -0.4 is 14.8 Å². The van der Waals surface area contributed by atoms with Gasteiger partial charge in [0.2, 0.25) is 11.8 Å². The minimum absolute atomic E-state index is 0.0238. The lowest BCUT2D eigenvalue weighted by molar-refractivity contribution is -0.132. The largest absolute Gasteiger partial charge is 0.497 e. The number of benzene rings is 2. The van der Waals surface area contributed by atoms with Crippen molar-refractivity contribution < 1.29 is 19.1 Å². The van der Waals surface area contributed by atoms with Crippen LogP contribution in [0.2, 0.25) is 0 Å². The van der Waals surface area contributed by atoms with E-state index in [0.29, 0.717) is 11.5 Å². The summed E-state index contributed by atoms with van der Waals surface area (Å²) in [6.07, 6.45) is 0.138. The Bertz CT molecular complexity index is 854. The van der Waals surface area contributed by atoms with Crippen molar-refractivity contribution in [1.29, 1.82) is 0 Å². The molecule has 2 aromatic carbocycles. The lowest BCUT2D eigenvalue weighted by Gasteiger charge is -2.19. The third-order valence-electron chi connectivity index (χ3n) is 4.58. The topological polar surface area (TPSA) is 67.9 Å². The number of ether oxygens (including phenoxy) is 2. The molecule has 1 N–H and O–H groups in total. The number of rotatable bonds is 7. The molecule has 2 rings (SSSR count). The fourth-order valence-electron chi connectivity index (χ4n) is 3.16. The van der Waals surface area contributed by atoms with E-state index in [1.165, 1.54) is 4.90 Å². The molecule has 0 unspecified atom stereocenters. The first-order valence-corrected chi connectivity index (χ1v) is 9.07. The summed E-state index contributed by atoms with van der Waals surface area (Å²) >= 11 is 0. The first-order chi connectivity index (χ1) is 13.2. The first-order valence-electron chi connectivity index (χ1n) is 9.07. The minimum atomic E-state index is -0.229. The second-order valence-corrected chi connectivity index (χ2v) is 6.93. The number of nitrogens with zero attached hydrogens (tertiary/aromatic N) is 1. The van der Waals surface area contributed by atoms with Crippen molar-refractivity contribution in [1.82, 2.24) is 4.90 Å². The molecule has 0 aliphatic carbocycles. The number of aryl methyl sites for hydroxylation is 3. The average Bonchev–Trinajstić information content (AvgIpc) is 2.64. The summed E-state index contributed by atoms with van der Waals surface area (Å²) in [7, 11) is 4.74. The van der Waals surface area contributed by atoms with E-state index in [4.69, 9.17) is 9.47 Å². The summed E-state index contributed by atoms with van der Waals surface area (Å²) in [5, 5.41) is 2.92. The number of nitrogens with one attached hydrogen (secondary N) is 1. The zero-order valence-corrected chi connectivity index (χ0v) is 17.4. The molecule has 0 saturated carbocycles. The maximum atomic E-state index is 12.6. The molecule has 0 fully saturated rings. The van der Waals surface area contributed by atoms with E-state index in [-0.39, 0.29) is 24.8 Å². The molecule has 150 valence electrons. The Kier molecular flexibility index (Phi) is 7.04. The lowest BCUT2D eigenvalue weighted by Crippen LogP contribution is -2.36. The molecule has 0 aliphatic rings. The van der Waals surface area contributed by atoms with E-state index in [2.05, 4.69) is 5.32 Å². The second-order valence-electron chi connectivity index (χ2n) is 6.93. The molecule has 0 atom stereocenters. The summed E-state index contributed by atoms with van der Waals surface area (Å²) in [4.78, 5) is 26.4. The number of methoxy groups -OCH3 is 2. The summed E-state index contributed by atoms with van der Waals surface area (Å²) < 4.78 is 10.5. The van der Waals surface area contributed by atoms with Gasteiger partial charge >= 0.3 is 0 Å². The third-order valence-corrected chi connectivity index (χ3v) is 4.58. The van der Waals surface area contributed by atoms with Crippen LogP contribution in [-0.2, 0) is 16.0 Å². The van der Waals surface area contributed by atoms with E-state index in [0.717, 1.165) is 27.9 Å². The van der Waals surface area contributed by atoms with Crippen molar-refractivity contribution in [3.63, 3.8) is 0 Å². The fraction of sp³-hybridized carbons (Fsp3) is 0.364. The number of carbonyl (C=O) groups is 2. The van der Waals surface area contributed by atoms with Crippen LogP contribution in [0.3, 0.4) is 0 Å². The van der Waals surface area contributed by atoms with Gasteiger partial charge in [0.05, 0.1) is 27.2 Å². The van der Waals surface area contributed by atoms with Gasteiger partial charge in [-0.25, -0.2) is 0 Å². The zero-order valence-electron chi connectivity index (χ0n) is 17.4. The highest BCUT2D eigenvalue weighted by atomic mass is 16.5. The molecular weight excluding hydrogens is 356 g/mol. The molecule has 6 nitrogen and oxygen atoms in total. The van der Waals surface area contributed by atoms with E-state index in [1.807, 2.05) is 32.9 Å². The average molecular weight is 384 g/mol. The molecule has 6 heteroatoms. The number of hydrogen-bond donors (Lipinski definition) is 1. The highest BCUT2D eigenvalue weighted by Gasteiger charge is 2.17. The molecule has 2 amide bonds. The third kappa shape index (κ3) is 5.25. The molecule has 0 bridgehead atoms. The molecule has 0 spiro atoms. The predicted molar refractivity (Wildman–Crippen MR) is 110 cm³/mol. The second kappa shape index (κ2) is 9.26. The maximum absolute atomic E-state index is 12.6. The van der Waals surface area contributed by atoms with E-state index < -0.39 is 0 Å². The number of likely N-dealkylation sites (N-methyl/N-ethyl adjacent to an activating group) is 1. The number of anilines is 1. The molecule has 0 aromatic heterocycles. The van der Waals surface area contributed by atoms with Crippen LogP contribution in [0.5, 0.6) is 11.5 Å². The quantitative estimate of drug-likeness (QED) is 0.796. The SMILES string of the molecule is COc1ccc(CC(=O)N(C)CC(=O)Nc2c(C)cc(C)cc2C)c(OC)c1. The molecule has 0 heterocycles. The normalized spacial score (nSPS) is 10.4. The Morgan fingerprint density at radius 3 is 2.21 bits per heavy atom. The van der Waals surface area contributed by atoms with Crippen LogP contribution in [0.25, 0.3) is 0 Å². The van der Waals surface area contributed by atoms with Gasteiger partial charge in [-0.15, -0.1) is 0 Å². The van der Waals surface area contributed by atoms with Crippen molar-refractivity contribution in [3.8, 4) is 11.5 Å². The van der Waals surface area contributed by atoms with Gasteiger partial charge < -0.3 is 19.7 Å². The van der Waals surface area contributed by atoms with Gasteiger partial charge in [0.15, 0.2) is 0 Å². The van der Waals surface area contributed by atoms with Gasteiger partial charge in [0, 0.05) is 24.4 Å². The van der Waals surface area contributed by atoms with Crippen LogP contribution in [-0.4, -0.2) is 44.5 Å². The Morgan fingerprint density at radius 1 is 1.00 bits per heavy atom. The van der Waals surface area contributed by atoms with Crippen LogP contribution in [0.4, 0.5) is 5.69 Å². The van der Waals surface area contributed by atoms with Gasteiger partial charge in [-0.05, 0) is 38.0 Å². The van der Waals surface area contributed by atoms with Crippen molar-refractivity contribution in [2.75, 3.05) is 33.1 Å². The standard InChI is InChI=1S/C22H28N2O4/c1-14-9-15(2)22(16(3)10-14)23-20(25)13-24(4)21(26)11-17-7-8-18(27-5)12-19(17)28-6/h7-10,12H,11,13H2,1-6H3,(H,23,25).